The summed E-state index contributed by atoms with van der Waals surface area (Å²) in [5, 5.41) is 6.26. The molecule has 0 bridgehead atoms. The van der Waals surface area contributed by atoms with Gasteiger partial charge in [-0.15, -0.1) is 12.4 Å². The van der Waals surface area contributed by atoms with E-state index in [0.717, 1.165) is 25.2 Å². The van der Waals surface area contributed by atoms with Crippen LogP contribution < -0.4 is 20.1 Å². The highest BCUT2D eigenvalue weighted by molar-refractivity contribution is 5.91. The molecule has 1 aromatic rings. The summed E-state index contributed by atoms with van der Waals surface area (Å²) in [5.41, 5.74) is 0.739. The van der Waals surface area contributed by atoms with Crippen LogP contribution in [0, 0.1) is 5.92 Å². The number of benzene rings is 1. The molecule has 5 nitrogen and oxygen atoms in total. The maximum atomic E-state index is 12.0. The first kappa shape index (κ1) is 18.6. The Morgan fingerprint density at radius 3 is 2.55 bits per heavy atom. The molecule has 1 aliphatic heterocycles. The van der Waals surface area contributed by atoms with Crippen molar-refractivity contribution < 1.29 is 14.3 Å². The number of carbonyl (C=O) groups excluding carboxylic acids is 1. The molecule has 0 aliphatic carbocycles. The molecule has 0 spiro atoms. The average molecular weight is 329 g/mol. The molecule has 1 saturated heterocycles. The molecule has 2 rings (SSSR count). The van der Waals surface area contributed by atoms with Crippen LogP contribution in [0.1, 0.15) is 25.7 Å². The lowest BCUT2D eigenvalue weighted by Crippen LogP contribution is -2.28. The molecule has 6 heteroatoms. The van der Waals surface area contributed by atoms with Gasteiger partial charge < -0.3 is 20.1 Å². The van der Waals surface area contributed by atoms with Gasteiger partial charge in [-0.3, -0.25) is 4.79 Å². The molecular weight excluding hydrogens is 304 g/mol. The fourth-order valence-corrected chi connectivity index (χ4v) is 2.64. The van der Waals surface area contributed by atoms with E-state index in [1.807, 2.05) is 6.07 Å². The third-order valence-corrected chi connectivity index (χ3v) is 3.91. The SMILES string of the molecule is COc1ccc(NC(=O)CCC2CCNCC2)cc1OC.Cl. The van der Waals surface area contributed by atoms with E-state index in [-0.39, 0.29) is 18.3 Å². The van der Waals surface area contributed by atoms with Gasteiger partial charge >= 0.3 is 0 Å². The summed E-state index contributed by atoms with van der Waals surface area (Å²) in [4.78, 5) is 12.0. The van der Waals surface area contributed by atoms with E-state index < -0.39 is 0 Å². The summed E-state index contributed by atoms with van der Waals surface area (Å²) in [5.74, 6) is 2.00. The van der Waals surface area contributed by atoms with Crippen LogP contribution in [0.5, 0.6) is 11.5 Å². The second-order valence-electron chi connectivity index (χ2n) is 5.35. The maximum absolute atomic E-state index is 12.0. The van der Waals surface area contributed by atoms with Crippen molar-refractivity contribution in [1.29, 1.82) is 0 Å². The summed E-state index contributed by atoms with van der Waals surface area (Å²) < 4.78 is 10.4. The predicted octanol–water partition coefficient (Wildman–Crippen LogP) is 2.84. The van der Waals surface area contributed by atoms with Gasteiger partial charge in [0.05, 0.1) is 14.2 Å². The van der Waals surface area contributed by atoms with Crippen molar-refractivity contribution in [3.05, 3.63) is 18.2 Å². The number of halogens is 1. The predicted molar refractivity (Wildman–Crippen MR) is 90.3 cm³/mol. The molecule has 0 aromatic heterocycles. The molecule has 124 valence electrons. The van der Waals surface area contributed by atoms with Crippen molar-refractivity contribution >= 4 is 24.0 Å². The van der Waals surface area contributed by atoms with E-state index >= 15 is 0 Å². The monoisotopic (exact) mass is 328 g/mol. The number of nitrogens with one attached hydrogen (secondary N) is 2. The van der Waals surface area contributed by atoms with Gasteiger partial charge in [-0.05, 0) is 50.4 Å². The number of ether oxygens (including phenoxy) is 2. The molecule has 0 atom stereocenters. The molecule has 1 aromatic carbocycles. The van der Waals surface area contributed by atoms with Crippen molar-refractivity contribution in [2.24, 2.45) is 5.92 Å². The molecule has 0 unspecified atom stereocenters. The molecule has 1 fully saturated rings. The Kier molecular flexibility index (Phi) is 8.06. The lowest BCUT2D eigenvalue weighted by Gasteiger charge is -2.22. The largest absolute Gasteiger partial charge is 0.493 e. The van der Waals surface area contributed by atoms with E-state index in [9.17, 15) is 4.79 Å². The van der Waals surface area contributed by atoms with Gasteiger partial charge in [0.1, 0.15) is 0 Å². The normalized spacial score (nSPS) is 14.8. The zero-order chi connectivity index (χ0) is 15.1. The number of piperidine rings is 1. The average Bonchev–Trinajstić information content (AvgIpc) is 2.53. The van der Waals surface area contributed by atoms with Crippen LogP contribution in [-0.4, -0.2) is 33.2 Å². The van der Waals surface area contributed by atoms with Gasteiger partial charge in [0.25, 0.3) is 0 Å². The molecule has 22 heavy (non-hydrogen) atoms. The standard InChI is InChI=1S/C16H24N2O3.ClH/c1-20-14-5-4-13(11-15(14)21-2)18-16(19)6-3-12-7-9-17-10-8-12;/h4-5,11-12,17H,3,6-10H2,1-2H3,(H,18,19);1H. The van der Waals surface area contributed by atoms with Gasteiger partial charge in [0.2, 0.25) is 5.91 Å². The third-order valence-electron chi connectivity index (χ3n) is 3.91. The molecule has 1 heterocycles. The van der Waals surface area contributed by atoms with E-state index in [1.54, 1.807) is 26.4 Å². The quantitative estimate of drug-likeness (QED) is 0.843. The highest BCUT2D eigenvalue weighted by atomic mass is 35.5. The summed E-state index contributed by atoms with van der Waals surface area (Å²) >= 11 is 0. The number of methoxy groups -OCH3 is 2. The third kappa shape index (κ3) is 5.39. The van der Waals surface area contributed by atoms with Crippen LogP contribution in [0.15, 0.2) is 18.2 Å². The van der Waals surface area contributed by atoms with Crippen LogP contribution in [0.25, 0.3) is 0 Å². The Bertz CT molecular complexity index is 476. The second-order valence-corrected chi connectivity index (χ2v) is 5.35. The van der Waals surface area contributed by atoms with Crippen molar-refractivity contribution in [2.75, 3.05) is 32.6 Å². The number of rotatable bonds is 6. The van der Waals surface area contributed by atoms with Crippen molar-refractivity contribution in [3.63, 3.8) is 0 Å². The Morgan fingerprint density at radius 1 is 1.23 bits per heavy atom. The molecule has 0 saturated carbocycles. The second kappa shape index (κ2) is 9.54. The van der Waals surface area contributed by atoms with Crippen molar-refractivity contribution in [3.8, 4) is 11.5 Å². The highest BCUT2D eigenvalue weighted by Gasteiger charge is 2.15. The van der Waals surface area contributed by atoms with Crippen LogP contribution in [0.3, 0.4) is 0 Å². The van der Waals surface area contributed by atoms with Crippen LogP contribution in [0.4, 0.5) is 5.69 Å². The first-order valence-corrected chi connectivity index (χ1v) is 7.45. The Balaban J connectivity index is 0.00000242. The summed E-state index contributed by atoms with van der Waals surface area (Å²) in [6, 6.07) is 5.40. The zero-order valence-electron chi connectivity index (χ0n) is 13.2. The smallest absolute Gasteiger partial charge is 0.224 e. The fourth-order valence-electron chi connectivity index (χ4n) is 2.64. The van der Waals surface area contributed by atoms with Gasteiger partial charge in [0.15, 0.2) is 11.5 Å². The van der Waals surface area contributed by atoms with Crippen LogP contribution in [0.2, 0.25) is 0 Å². The van der Waals surface area contributed by atoms with E-state index in [0.29, 0.717) is 23.8 Å². The first-order valence-electron chi connectivity index (χ1n) is 7.45. The Labute approximate surface area is 138 Å². The number of hydrogen-bond donors (Lipinski definition) is 2. The Morgan fingerprint density at radius 2 is 1.91 bits per heavy atom. The van der Waals surface area contributed by atoms with Crippen molar-refractivity contribution in [1.82, 2.24) is 5.32 Å². The maximum Gasteiger partial charge on any atom is 0.224 e. The van der Waals surface area contributed by atoms with Gasteiger partial charge in [-0.1, -0.05) is 0 Å². The minimum absolute atomic E-state index is 0. The number of hydrogen-bond acceptors (Lipinski definition) is 4. The van der Waals surface area contributed by atoms with Gasteiger partial charge in [-0.25, -0.2) is 0 Å². The Hall–Kier alpha value is -1.46. The summed E-state index contributed by atoms with van der Waals surface area (Å²) in [7, 11) is 3.18. The molecule has 1 amide bonds. The van der Waals surface area contributed by atoms with E-state index in [1.165, 1.54) is 12.8 Å². The van der Waals surface area contributed by atoms with Gasteiger partial charge in [0, 0.05) is 18.2 Å². The topological polar surface area (TPSA) is 59.6 Å². The minimum Gasteiger partial charge on any atom is -0.493 e. The molecule has 0 radical (unpaired) electrons. The summed E-state index contributed by atoms with van der Waals surface area (Å²) in [6.07, 6.45) is 3.87. The van der Waals surface area contributed by atoms with Crippen LogP contribution >= 0.6 is 12.4 Å². The highest BCUT2D eigenvalue weighted by Crippen LogP contribution is 2.29. The molecule has 1 aliphatic rings. The minimum atomic E-state index is 0. The molecular formula is C16H25ClN2O3. The number of anilines is 1. The van der Waals surface area contributed by atoms with Gasteiger partial charge in [-0.2, -0.15) is 0 Å². The first-order chi connectivity index (χ1) is 10.2. The lowest BCUT2D eigenvalue weighted by atomic mass is 9.93. The van der Waals surface area contributed by atoms with Crippen LogP contribution in [-0.2, 0) is 4.79 Å². The zero-order valence-corrected chi connectivity index (χ0v) is 14.0. The summed E-state index contributed by atoms with van der Waals surface area (Å²) in [6.45, 7) is 2.14. The van der Waals surface area contributed by atoms with Crippen molar-refractivity contribution in [2.45, 2.75) is 25.7 Å². The number of amides is 1. The fraction of sp³-hybridized carbons (Fsp3) is 0.562. The number of carbonyl (C=O) groups is 1. The lowest BCUT2D eigenvalue weighted by molar-refractivity contribution is -0.116. The van der Waals surface area contributed by atoms with E-state index in [2.05, 4.69) is 10.6 Å². The molecule has 2 N–H and O–H groups in total. The van der Waals surface area contributed by atoms with E-state index in [4.69, 9.17) is 9.47 Å².